The minimum Gasteiger partial charge on any atom is -0.493 e. The fourth-order valence-electron chi connectivity index (χ4n) is 3.25. The Morgan fingerprint density at radius 1 is 0.903 bits per heavy atom. The first-order valence-electron chi connectivity index (χ1n) is 11.6. The fourth-order valence-corrected chi connectivity index (χ4v) is 3.25. The molecule has 168 valence electrons. The van der Waals surface area contributed by atoms with Crippen molar-refractivity contribution in [1.29, 1.82) is 0 Å². The molecule has 0 atom stereocenters. The van der Waals surface area contributed by atoms with Crippen LogP contribution in [0.5, 0.6) is 11.5 Å². The highest BCUT2D eigenvalue weighted by atomic mass is 16.5. The van der Waals surface area contributed by atoms with Crippen LogP contribution >= 0.6 is 0 Å². The lowest BCUT2D eigenvalue weighted by Gasteiger charge is -2.18. The molecule has 0 aliphatic heterocycles. The number of carbonyl (C=O) groups excluding carboxylic acids is 1. The smallest absolute Gasteiger partial charge is 0.185 e. The van der Waals surface area contributed by atoms with E-state index in [1.807, 2.05) is 43.5 Å². The van der Waals surface area contributed by atoms with Crippen molar-refractivity contribution in [2.24, 2.45) is 0 Å². The van der Waals surface area contributed by atoms with Crippen molar-refractivity contribution >= 4 is 17.5 Å². The fraction of sp³-hybridized carbons (Fsp3) is 0.444. The van der Waals surface area contributed by atoms with E-state index in [4.69, 9.17) is 9.47 Å². The highest BCUT2D eigenvalue weighted by molar-refractivity contribution is 6.07. The summed E-state index contributed by atoms with van der Waals surface area (Å²) in [6.07, 6.45) is 9.56. The lowest BCUT2D eigenvalue weighted by atomic mass is 10.0. The molecule has 0 amide bonds. The maximum absolute atomic E-state index is 12.8. The quantitative estimate of drug-likeness (QED) is 0.203. The minimum absolute atomic E-state index is 0.0393. The van der Waals surface area contributed by atoms with Gasteiger partial charge in [-0.05, 0) is 67.3 Å². The van der Waals surface area contributed by atoms with Crippen LogP contribution in [0, 0.1) is 0 Å². The first-order valence-corrected chi connectivity index (χ1v) is 11.6. The van der Waals surface area contributed by atoms with Crippen molar-refractivity contribution < 1.29 is 14.3 Å². The van der Waals surface area contributed by atoms with Crippen molar-refractivity contribution in [2.75, 3.05) is 25.6 Å². The number of ketones is 1. The van der Waals surface area contributed by atoms with Gasteiger partial charge in [-0.25, -0.2) is 0 Å². The summed E-state index contributed by atoms with van der Waals surface area (Å²) < 4.78 is 12.3. The van der Waals surface area contributed by atoms with Crippen LogP contribution in [0.4, 0.5) is 5.69 Å². The SMILES string of the molecule is CCCCOc1ccc(CCC)c(OCCCC)c1C=CC(=O)c1ccc(NC)cc1. The minimum atomic E-state index is -0.0393. The molecule has 4 nitrogen and oxygen atoms in total. The second kappa shape index (κ2) is 13.5. The molecule has 2 aromatic carbocycles. The Labute approximate surface area is 187 Å². The molecule has 0 spiro atoms. The molecule has 1 N–H and O–H groups in total. The molecule has 0 saturated heterocycles. The predicted molar refractivity (Wildman–Crippen MR) is 131 cm³/mol. The van der Waals surface area contributed by atoms with Crippen molar-refractivity contribution in [2.45, 2.75) is 59.3 Å². The van der Waals surface area contributed by atoms with Gasteiger partial charge in [0.15, 0.2) is 5.78 Å². The summed E-state index contributed by atoms with van der Waals surface area (Å²) in [6, 6.07) is 11.6. The zero-order valence-electron chi connectivity index (χ0n) is 19.5. The van der Waals surface area contributed by atoms with Gasteiger partial charge in [0.25, 0.3) is 0 Å². The highest BCUT2D eigenvalue weighted by Crippen LogP contribution is 2.35. The first kappa shape index (κ1) is 24.5. The largest absolute Gasteiger partial charge is 0.493 e. The van der Waals surface area contributed by atoms with E-state index in [0.29, 0.717) is 18.8 Å². The van der Waals surface area contributed by atoms with Gasteiger partial charge in [-0.1, -0.05) is 46.1 Å². The molecule has 0 unspecified atom stereocenters. The lowest BCUT2D eigenvalue weighted by Crippen LogP contribution is -2.05. The average Bonchev–Trinajstić information content (AvgIpc) is 2.80. The first-order chi connectivity index (χ1) is 15.1. The molecule has 31 heavy (non-hydrogen) atoms. The molecular weight excluding hydrogens is 386 g/mol. The van der Waals surface area contributed by atoms with Crippen LogP contribution in [0.1, 0.15) is 74.4 Å². The van der Waals surface area contributed by atoms with Gasteiger partial charge < -0.3 is 14.8 Å². The number of rotatable bonds is 14. The molecule has 2 aromatic rings. The molecule has 0 fully saturated rings. The van der Waals surface area contributed by atoms with Gasteiger partial charge in [0.2, 0.25) is 0 Å². The monoisotopic (exact) mass is 423 g/mol. The Bertz CT molecular complexity index is 840. The topological polar surface area (TPSA) is 47.6 Å². The molecule has 0 saturated carbocycles. The second-order valence-corrected chi connectivity index (χ2v) is 7.64. The van der Waals surface area contributed by atoms with Crippen molar-refractivity contribution in [3.63, 3.8) is 0 Å². The van der Waals surface area contributed by atoms with Crippen molar-refractivity contribution in [3.05, 3.63) is 59.2 Å². The molecule has 0 aromatic heterocycles. The molecule has 0 aliphatic rings. The van der Waals surface area contributed by atoms with Gasteiger partial charge in [0.1, 0.15) is 11.5 Å². The van der Waals surface area contributed by atoms with E-state index in [2.05, 4.69) is 32.2 Å². The van der Waals surface area contributed by atoms with E-state index in [9.17, 15) is 4.79 Å². The second-order valence-electron chi connectivity index (χ2n) is 7.64. The number of aryl methyl sites for hydroxylation is 1. The molecule has 2 rings (SSSR count). The van der Waals surface area contributed by atoms with E-state index >= 15 is 0 Å². The molecule has 0 bridgehead atoms. The van der Waals surface area contributed by atoms with Gasteiger partial charge >= 0.3 is 0 Å². The van der Waals surface area contributed by atoms with E-state index < -0.39 is 0 Å². The number of allylic oxidation sites excluding steroid dienone is 1. The van der Waals surface area contributed by atoms with Crippen LogP contribution in [-0.4, -0.2) is 26.0 Å². The van der Waals surface area contributed by atoms with E-state index in [0.717, 1.165) is 66.8 Å². The number of benzene rings is 2. The average molecular weight is 424 g/mol. The third kappa shape index (κ3) is 7.46. The number of hydrogen-bond acceptors (Lipinski definition) is 4. The summed E-state index contributed by atoms with van der Waals surface area (Å²) in [4.78, 5) is 12.8. The molecular formula is C27H37NO3. The van der Waals surface area contributed by atoms with Crippen LogP contribution in [0.3, 0.4) is 0 Å². The number of carbonyl (C=O) groups is 1. The lowest BCUT2D eigenvalue weighted by molar-refractivity contribution is 0.104. The Morgan fingerprint density at radius 3 is 2.19 bits per heavy atom. The highest BCUT2D eigenvalue weighted by Gasteiger charge is 2.15. The van der Waals surface area contributed by atoms with Gasteiger partial charge in [-0.15, -0.1) is 0 Å². The Hall–Kier alpha value is -2.75. The summed E-state index contributed by atoms with van der Waals surface area (Å²) in [5, 5.41) is 3.07. The van der Waals surface area contributed by atoms with E-state index in [-0.39, 0.29) is 5.78 Å². The van der Waals surface area contributed by atoms with Gasteiger partial charge in [-0.3, -0.25) is 4.79 Å². The Morgan fingerprint density at radius 2 is 1.58 bits per heavy atom. The van der Waals surface area contributed by atoms with Crippen LogP contribution in [0.2, 0.25) is 0 Å². The van der Waals surface area contributed by atoms with E-state index in [1.165, 1.54) is 0 Å². The molecule has 0 radical (unpaired) electrons. The Balaban J connectivity index is 2.38. The molecule has 0 heterocycles. The zero-order chi connectivity index (χ0) is 22.5. The summed E-state index contributed by atoms with van der Waals surface area (Å²) in [5.41, 5.74) is 3.65. The predicted octanol–water partition coefficient (Wildman–Crippen LogP) is 6.93. The van der Waals surface area contributed by atoms with Crippen molar-refractivity contribution in [1.82, 2.24) is 0 Å². The van der Waals surface area contributed by atoms with Crippen molar-refractivity contribution in [3.8, 4) is 11.5 Å². The third-order valence-electron chi connectivity index (χ3n) is 5.12. The van der Waals surface area contributed by atoms with Crippen LogP contribution in [0.15, 0.2) is 42.5 Å². The number of anilines is 1. The number of hydrogen-bond donors (Lipinski definition) is 1. The summed E-state index contributed by atoms with van der Waals surface area (Å²) >= 11 is 0. The van der Waals surface area contributed by atoms with Gasteiger partial charge in [0.05, 0.1) is 18.8 Å². The number of ether oxygens (including phenoxy) is 2. The van der Waals surface area contributed by atoms with Gasteiger partial charge in [-0.2, -0.15) is 0 Å². The number of nitrogens with one attached hydrogen (secondary N) is 1. The van der Waals surface area contributed by atoms with Crippen LogP contribution in [-0.2, 0) is 6.42 Å². The normalized spacial score (nSPS) is 11.0. The summed E-state index contributed by atoms with van der Waals surface area (Å²) in [5.74, 6) is 1.58. The maximum atomic E-state index is 12.8. The summed E-state index contributed by atoms with van der Waals surface area (Å²) in [6.45, 7) is 7.77. The van der Waals surface area contributed by atoms with E-state index in [1.54, 1.807) is 6.08 Å². The van der Waals surface area contributed by atoms with Crippen LogP contribution in [0.25, 0.3) is 6.08 Å². The maximum Gasteiger partial charge on any atom is 0.185 e. The summed E-state index contributed by atoms with van der Waals surface area (Å²) in [7, 11) is 1.86. The zero-order valence-corrected chi connectivity index (χ0v) is 19.5. The molecule has 4 heteroatoms. The standard InChI is InChI=1S/C27H37NO3/c1-5-8-19-30-26-18-13-22(10-7-3)27(31-20-9-6-2)24(26)16-17-25(29)21-11-14-23(28-4)15-12-21/h11-18,28H,5-10,19-20H2,1-4H3. The Kier molecular flexibility index (Phi) is 10.7. The molecule has 0 aliphatic carbocycles. The van der Waals surface area contributed by atoms with Gasteiger partial charge in [0, 0.05) is 18.3 Å². The van der Waals surface area contributed by atoms with Crippen LogP contribution < -0.4 is 14.8 Å². The third-order valence-corrected chi connectivity index (χ3v) is 5.12. The number of unbranched alkanes of at least 4 members (excludes halogenated alkanes) is 2.